The van der Waals surface area contributed by atoms with Gasteiger partial charge in [0, 0.05) is 35.6 Å². The fourth-order valence-electron chi connectivity index (χ4n) is 8.72. The van der Waals surface area contributed by atoms with Gasteiger partial charge in [0.1, 0.15) is 0 Å². The second-order valence-electron chi connectivity index (χ2n) is 19.8. The Balaban J connectivity index is 0.000000154. The Morgan fingerprint density at radius 1 is 0.492 bits per heavy atom. The lowest BCUT2D eigenvalue weighted by molar-refractivity contribution is -0.115. The number of fused-ring (bicyclic) bond motifs is 4. The summed E-state index contributed by atoms with van der Waals surface area (Å²) in [6.45, 7) is 36.6. The lowest BCUT2D eigenvalue weighted by atomic mass is 9.88. The SMILES string of the molecule is CC(C)c1cc2c(cc1C(C)C)N=CC2.CC(C)c1cc2c(cc1C(C)C)N=NC2.CC(C)c1cc2c(cc1C(C)C)NC(=O)C2.CC(C)c1cc2cc[nH]c2cc1C(C)C. The number of carbonyl (C=O) groups excluding carboxylic acids is 1. The van der Waals surface area contributed by atoms with Gasteiger partial charge in [-0.3, -0.25) is 9.79 Å². The van der Waals surface area contributed by atoms with Gasteiger partial charge in [-0.05, 0) is 145 Å². The topological polar surface area (TPSA) is 82.0 Å². The maximum Gasteiger partial charge on any atom is 0.228 e. The van der Waals surface area contributed by atoms with Crippen LogP contribution in [-0.2, 0) is 24.2 Å². The number of aliphatic imine (C=N–C) groups is 1. The number of hydrogen-bond acceptors (Lipinski definition) is 4. The normalized spacial score (nSPS) is 13.6. The Kier molecular flexibility index (Phi) is 15.8. The zero-order valence-electron chi connectivity index (χ0n) is 40.3. The number of hydrogen-bond donors (Lipinski definition) is 2. The highest BCUT2D eigenvalue weighted by Gasteiger charge is 2.22. The summed E-state index contributed by atoms with van der Waals surface area (Å²) in [6.07, 6.45) is 5.57. The number of azo groups is 1. The fraction of sp³-hybridized carbons (Fsp3) is 0.491. The standard InChI is InChI=1S/C14H19NO.2C14H19N.C13H18N2/c1-8(2)11-5-10-6-14(16)15-13(10)7-12(11)9(3)4;2*1-9(2)12-7-11-5-6-15-14(11)8-13(12)10(3)4;1-8(2)11-5-10-7-14-15-13(10)6-12(11)9(3)4/h5,7-9H,6H2,1-4H3,(H,15,16);6-10H,5H2,1-4H3;5-10,15H,1-4H3;5-6,8-9H,7H2,1-4H3. The first kappa shape index (κ1) is 47.2. The summed E-state index contributed by atoms with van der Waals surface area (Å²) in [4.78, 5) is 19.0. The Morgan fingerprint density at radius 3 is 1.48 bits per heavy atom. The van der Waals surface area contributed by atoms with E-state index in [4.69, 9.17) is 0 Å². The van der Waals surface area contributed by atoms with Gasteiger partial charge in [-0.15, -0.1) is 0 Å². The molecule has 5 aromatic rings. The fourth-order valence-corrected chi connectivity index (χ4v) is 8.72. The minimum Gasteiger partial charge on any atom is -0.361 e. The van der Waals surface area contributed by atoms with Crippen LogP contribution in [0.15, 0.2) is 76.0 Å². The van der Waals surface area contributed by atoms with Crippen molar-refractivity contribution in [3.8, 4) is 0 Å². The second kappa shape index (κ2) is 20.4. The quantitative estimate of drug-likeness (QED) is 0.161. The number of aromatic amines is 1. The summed E-state index contributed by atoms with van der Waals surface area (Å²) in [6, 6.07) is 20.3. The molecule has 3 aliphatic heterocycles. The molecule has 61 heavy (non-hydrogen) atoms. The molecule has 3 aliphatic rings. The summed E-state index contributed by atoms with van der Waals surface area (Å²) in [5.74, 6) is 4.65. The first-order chi connectivity index (χ1) is 28.8. The van der Waals surface area contributed by atoms with Crippen molar-refractivity contribution in [3.05, 3.63) is 122 Å². The Hall–Kier alpha value is -4.84. The minimum atomic E-state index is 0.116. The molecule has 2 N–H and O–H groups in total. The van der Waals surface area contributed by atoms with Crippen molar-refractivity contribution in [2.24, 2.45) is 15.2 Å². The molecule has 0 bridgehead atoms. The minimum absolute atomic E-state index is 0.116. The summed E-state index contributed by atoms with van der Waals surface area (Å²) in [7, 11) is 0. The number of nitrogens with zero attached hydrogens (tertiary/aromatic N) is 3. The Bertz CT molecular complexity index is 2210. The average molecular weight is 822 g/mol. The van der Waals surface area contributed by atoms with Crippen molar-refractivity contribution in [1.29, 1.82) is 0 Å². The number of carbonyl (C=O) groups is 1. The predicted molar refractivity (Wildman–Crippen MR) is 263 cm³/mol. The molecule has 326 valence electrons. The van der Waals surface area contributed by atoms with Crippen molar-refractivity contribution in [1.82, 2.24) is 4.98 Å². The van der Waals surface area contributed by atoms with Crippen molar-refractivity contribution < 1.29 is 4.79 Å². The molecule has 6 heteroatoms. The van der Waals surface area contributed by atoms with Crippen LogP contribution in [0.3, 0.4) is 0 Å². The first-order valence-corrected chi connectivity index (χ1v) is 23.1. The van der Waals surface area contributed by atoms with Gasteiger partial charge in [-0.1, -0.05) is 129 Å². The third-order valence-electron chi connectivity index (χ3n) is 12.2. The van der Waals surface area contributed by atoms with E-state index in [9.17, 15) is 4.79 Å². The summed E-state index contributed by atoms with van der Waals surface area (Å²) in [5.41, 5.74) is 19.9. The second-order valence-corrected chi connectivity index (χ2v) is 19.8. The molecule has 0 atom stereocenters. The molecule has 0 radical (unpaired) electrons. The van der Waals surface area contributed by atoms with Gasteiger partial charge in [0.05, 0.1) is 24.3 Å². The van der Waals surface area contributed by atoms with Gasteiger partial charge in [0.2, 0.25) is 5.91 Å². The highest BCUT2D eigenvalue weighted by Crippen LogP contribution is 2.38. The van der Waals surface area contributed by atoms with E-state index >= 15 is 0 Å². The summed E-state index contributed by atoms with van der Waals surface area (Å²) < 4.78 is 0. The zero-order chi connectivity index (χ0) is 44.9. The van der Waals surface area contributed by atoms with Gasteiger partial charge in [0.25, 0.3) is 0 Å². The van der Waals surface area contributed by atoms with Crippen molar-refractivity contribution >= 4 is 40.1 Å². The molecule has 0 fully saturated rings. The monoisotopic (exact) mass is 822 g/mol. The average Bonchev–Trinajstić information content (AvgIpc) is 4.02. The summed E-state index contributed by atoms with van der Waals surface area (Å²) in [5, 5.41) is 12.5. The van der Waals surface area contributed by atoms with Crippen LogP contribution in [-0.4, -0.2) is 17.1 Å². The van der Waals surface area contributed by atoms with Crippen LogP contribution in [0, 0.1) is 0 Å². The van der Waals surface area contributed by atoms with E-state index < -0.39 is 0 Å². The van der Waals surface area contributed by atoms with Gasteiger partial charge < -0.3 is 10.3 Å². The van der Waals surface area contributed by atoms with Crippen LogP contribution < -0.4 is 5.32 Å². The highest BCUT2D eigenvalue weighted by molar-refractivity contribution is 5.99. The molecular weight excluding hydrogens is 747 g/mol. The van der Waals surface area contributed by atoms with Gasteiger partial charge in [0.15, 0.2) is 0 Å². The number of nitrogens with one attached hydrogen (secondary N) is 2. The van der Waals surface area contributed by atoms with E-state index in [-0.39, 0.29) is 5.91 Å². The number of aromatic nitrogens is 1. The number of benzene rings is 4. The van der Waals surface area contributed by atoms with Gasteiger partial charge in [-0.25, -0.2) is 0 Å². The lowest BCUT2D eigenvalue weighted by Gasteiger charge is -2.17. The van der Waals surface area contributed by atoms with E-state index in [0.717, 1.165) is 29.9 Å². The van der Waals surface area contributed by atoms with E-state index in [0.29, 0.717) is 53.8 Å². The molecule has 0 spiro atoms. The lowest BCUT2D eigenvalue weighted by Crippen LogP contribution is -2.04. The first-order valence-electron chi connectivity index (χ1n) is 23.1. The van der Waals surface area contributed by atoms with E-state index in [1.165, 1.54) is 72.2 Å². The van der Waals surface area contributed by atoms with Crippen molar-refractivity contribution in [2.45, 2.75) is 178 Å². The molecule has 1 aromatic heterocycles. The largest absolute Gasteiger partial charge is 0.361 e. The molecule has 0 saturated carbocycles. The number of rotatable bonds is 8. The molecule has 0 aliphatic carbocycles. The summed E-state index contributed by atoms with van der Waals surface area (Å²) >= 11 is 0. The number of amides is 1. The third-order valence-corrected chi connectivity index (χ3v) is 12.2. The molecular formula is C55H75N5O. The molecule has 6 nitrogen and oxygen atoms in total. The molecule has 4 aromatic carbocycles. The van der Waals surface area contributed by atoms with Crippen LogP contribution in [0.5, 0.6) is 0 Å². The smallest absolute Gasteiger partial charge is 0.228 e. The zero-order valence-corrected chi connectivity index (χ0v) is 40.3. The van der Waals surface area contributed by atoms with E-state index in [1.807, 2.05) is 12.4 Å². The maximum absolute atomic E-state index is 11.4. The van der Waals surface area contributed by atoms with Crippen molar-refractivity contribution in [2.75, 3.05) is 5.32 Å². The van der Waals surface area contributed by atoms with Crippen molar-refractivity contribution in [3.63, 3.8) is 0 Å². The number of H-pyrrole nitrogens is 1. The van der Waals surface area contributed by atoms with Gasteiger partial charge in [-0.2, -0.15) is 10.2 Å². The van der Waals surface area contributed by atoms with E-state index in [1.54, 1.807) is 0 Å². The Morgan fingerprint density at radius 2 is 0.934 bits per heavy atom. The van der Waals surface area contributed by atoms with E-state index in [2.05, 4.69) is 191 Å². The number of anilines is 1. The van der Waals surface area contributed by atoms with Crippen LogP contribution in [0.1, 0.15) is 219 Å². The molecule has 0 saturated heterocycles. The maximum atomic E-state index is 11.4. The molecule has 1 amide bonds. The predicted octanol–water partition coefficient (Wildman–Crippen LogP) is 16.6. The van der Waals surface area contributed by atoms with Crippen LogP contribution in [0.4, 0.5) is 17.1 Å². The third kappa shape index (κ3) is 11.4. The van der Waals surface area contributed by atoms with Crippen LogP contribution in [0.25, 0.3) is 10.9 Å². The molecule has 8 rings (SSSR count). The highest BCUT2D eigenvalue weighted by atomic mass is 16.1. The van der Waals surface area contributed by atoms with Crippen LogP contribution >= 0.6 is 0 Å². The van der Waals surface area contributed by atoms with Gasteiger partial charge >= 0.3 is 0 Å². The molecule has 0 unspecified atom stereocenters. The Labute approximate surface area is 368 Å². The van der Waals surface area contributed by atoms with Crippen LogP contribution in [0.2, 0.25) is 0 Å². The molecule has 4 heterocycles.